The Bertz CT molecular complexity index is 933. The maximum Gasteiger partial charge on any atom is 0.282 e. The van der Waals surface area contributed by atoms with Crippen molar-refractivity contribution in [3.05, 3.63) is 65.2 Å². The lowest BCUT2D eigenvalue weighted by Gasteiger charge is -2.19. The number of benzene rings is 2. The number of hydrogen-bond donors (Lipinski definition) is 1. The predicted molar refractivity (Wildman–Crippen MR) is 119 cm³/mol. The van der Waals surface area contributed by atoms with E-state index in [9.17, 15) is 9.59 Å². The molecule has 0 bridgehead atoms. The summed E-state index contributed by atoms with van der Waals surface area (Å²) < 4.78 is 5.20. The Kier molecular flexibility index (Phi) is 6.43. The van der Waals surface area contributed by atoms with Crippen molar-refractivity contribution in [1.82, 2.24) is 5.32 Å². The summed E-state index contributed by atoms with van der Waals surface area (Å²) in [5, 5.41) is 3.45. The standard InChI is InChI=1S/C24H26N2O3S/c1-29-19-15-13-18(14-16-19)26-23(27)21(25-17-9-5-2-3-6-10-17)22(24(26)28)30-20-11-7-4-8-12-20/h4,7-8,11-17,25H,2-3,5-6,9-10H2,1H3. The molecule has 0 spiro atoms. The molecule has 1 aliphatic heterocycles. The number of amides is 2. The first-order valence-corrected chi connectivity index (χ1v) is 11.3. The minimum Gasteiger partial charge on any atom is -0.497 e. The molecule has 1 N–H and O–H groups in total. The molecule has 1 saturated carbocycles. The summed E-state index contributed by atoms with van der Waals surface area (Å²) >= 11 is 1.35. The fraction of sp³-hybridized carbons (Fsp3) is 0.333. The van der Waals surface area contributed by atoms with Gasteiger partial charge >= 0.3 is 0 Å². The first-order chi connectivity index (χ1) is 14.7. The van der Waals surface area contributed by atoms with Gasteiger partial charge in [0.1, 0.15) is 16.4 Å². The van der Waals surface area contributed by atoms with E-state index >= 15 is 0 Å². The van der Waals surface area contributed by atoms with Crippen LogP contribution in [0.3, 0.4) is 0 Å². The van der Waals surface area contributed by atoms with Crippen molar-refractivity contribution in [3.8, 4) is 5.75 Å². The Morgan fingerprint density at radius 3 is 2.20 bits per heavy atom. The third-order valence-corrected chi connectivity index (χ3v) is 6.63. The van der Waals surface area contributed by atoms with E-state index in [1.807, 2.05) is 30.3 Å². The number of imide groups is 1. The predicted octanol–water partition coefficient (Wildman–Crippen LogP) is 4.88. The molecule has 2 amide bonds. The molecule has 156 valence electrons. The molecule has 1 heterocycles. The van der Waals surface area contributed by atoms with Crippen LogP contribution in [0.4, 0.5) is 5.69 Å². The van der Waals surface area contributed by atoms with E-state index in [1.165, 1.54) is 29.5 Å². The Morgan fingerprint density at radius 2 is 1.57 bits per heavy atom. The summed E-state index contributed by atoms with van der Waals surface area (Å²) in [5.41, 5.74) is 0.978. The number of rotatable bonds is 6. The lowest BCUT2D eigenvalue weighted by molar-refractivity contribution is -0.120. The van der Waals surface area contributed by atoms with Crippen molar-refractivity contribution in [2.75, 3.05) is 12.0 Å². The van der Waals surface area contributed by atoms with Crippen molar-refractivity contribution in [2.24, 2.45) is 0 Å². The molecule has 0 saturated heterocycles. The van der Waals surface area contributed by atoms with Crippen LogP contribution in [0.2, 0.25) is 0 Å². The molecule has 0 unspecified atom stereocenters. The summed E-state index contributed by atoms with van der Waals surface area (Å²) in [4.78, 5) is 29.4. The molecule has 0 radical (unpaired) electrons. The number of carbonyl (C=O) groups excluding carboxylic acids is 2. The van der Waals surface area contributed by atoms with Crippen LogP contribution < -0.4 is 15.0 Å². The highest BCUT2D eigenvalue weighted by Crippen LogP contribution is 2.37. The van der Waals surface area contributed by atoms with Gasteiger partial charge in [-0.05, 0) is 49.2 Å². The quantitative estimate of drug-likeness (QED) is 0.531. The lowest BCUT2D eigenvalue weighted by Crippen LogP contribution is -2.36. The Labute approximate surface area is 181 Å². The zero-order valence-corrected chi connectivity index (χ0v) is 17.9. The van der Waals surface area contributed by atoms with Gasteiger partial charge in [0.25, 0.3) is 11.8 Å². The molecule has 0 atom stereocenters. The van der Waals surface area contributed by atoms with Gasteiger partial charge in [0.2, 0.25) is 0 Å². The van der Waals surface area contributed by atoms with Crippen LogP contribution >= 0.6 is 11.8 Å². The molecule has 1 aliphatic carbocycles. The average molecular weight is 423 g/mol. The van der Waals surface area contributed by atoms with Crippen LogP contribution in [-0.2, 0) is 9.59 Å². The van der Waals surface area contributed by atoms with Crippen LogP contribution in [-0.4, -0.2) is 25.0 Å². The van der Waals surface area contributed by atoms with Crippen molar-refractivity contribution >= 4 is 29.3 Å². The molecular formula is C24H26N2O3S. The first-order valence-electron chi connectivity index (χ1n) is 10.4. The molecule has 2 aliphatic rings. The zero-order valence-electron chi connectivity index (χ0n) is 17.1. The Morgan fingerprint density at radius 1 is 0.900 bits per heavy atom. The van der Waals surface area contributed by atoms with E-state index in [0.29, 0.717) is 22.0 Å². The monoisotopic (exact) mass is 422 g/mol. The summed E-state index contributed by atoms with van der Waals surface area (Å²) in [6, 6.07) is 16.9. The summed E-state index contributed by atoms with van der Waals surface area (Å²) in [6.07, 6.45) is 6.81. The zero-order chi connectivity index (χ0) is 20.9. The average Bonchev–Trinajstić information content (AvgIpc) is 2.95. The largest absolute Gasteiger partial charge is 0.497 e. The van der Waals surface area contributed by atoms with Gasteiger partial charge in [-0.3, -0.25) is 9.59 Å². The van der Waals surface area contributed by atoms with Crippen LogP contribution in [0.15, 0.2) is 70.1 Å². The Hall–Kier alpha value is -2.73. The van der Waals surface area contributed by atoms with E-state index < -0.39 is 0 Å². The van der Waals surface area contributed by atoms with Crippen LogP contribution in [0.25, 0.3) is 0 Å². The highest BCUT2D eigenvalue weighted by molar-refractivity contribution is 8.04. The number of anilines is 1. The van der Waals surface area contributed by atoms with E-state index in [4.69, 9.17) is 4.74 Å². The van der Waals surface area contributed by atoms with Gasteiger partial charge in [-0.15, -0.1) is 0 Å². The second-order valence-corrected chi connectivity index (χ2v) is 8.68. The van der Waals surface area contributed by atoms with Crippen LogP contribution in [0, 0.1) is 0 Å². The molecular weight excluding hydrogens is 396 g/mol. The van der Waals surface area contributed by atoms with Crippen molar-refractivity contribution in [2.45, 2.75) is 49.5 Å². The van der Waals surface area contributed by atoms with Gasteiger partial charge in [0, 0.05) is 10.9 Å². The second kappa shape index (κ2) is 9.39. The highest BCUT2D eigenvalue weighted by atomic mass is 32.2. The molecule has 4 rings (SSSR count). The number of carbonyl (C=O) groups is 2. The van der Waals surface area contributed by atoms with Gasteiger partial charge in [0.15, 0.2) is 0 Å². The summed E-state index contributed by atoms with van der Waals surface area (Å²) in [7, 11) is 1.59. The first kappa shape index (κ1) is 20.5. The molecule has 2 aromatic rings. The third-order valence-electron chi connectivity index (χ3n) is 5.54. The number of thioether (sulfide) groups is 1. The number of ether oxygens (including phenoxy) is 1. The van der Waals surface area contributed by atoms with E-state index in [-0.39, 0.29) is 17.9 Å². The van der Waals surface area contributed by atoms with E-state index in [0.717, 1.165) is 30.6 Å². The van der Waals surface area contributed by atoms with Gasteiger partial charge in [-0.25, -0.2) is 4.90 Å². The number of nitrogens with zero attached hydrogens (tertiary/aromatic N) is 1. The third kappa shape index (κ3) is 4.38. The fourth-order valence-corrected chi connectivity index (χ4v) is 4.89. The van der Waals surface area contributed by atoms with Crippen molar-refractivity contribution < 1.29 is 14.3 Å². The van der Waals surface area contributed by atoms with Gasteiger partial charge in [0.05, 0.1) is 12.8 Å². The SMILES string of the molecule is COc1ccc(N2C(=O)C(NC3CCCCCC3)=C(Sc3ccccc3)C2=O)cc1. The van der Waals surface area contributed by atoms with Crippen LogP contribution in [0.1, 0.15) is 38.5 Å². The van der Waals surface area contributed by atoms with Gasteiger partial charge in [-0.1, -0.05) is 55.6 Å². The summed E-state index contributed by atoms with van der Waals surface area (Å²) in [6.45, 7) is 0. The number of hydrogen-bond acceptors (Lipinski definition) is 5. The van der Waals surface area contributed by atoms with Crippen molar-refractivity contribution in [1.29, 1.82) is 0 Å². The number of nitrogens with one attached hydrogen (secondary N) is 1. The Balaban J connectivity index is 1.65. The normalized spacial score (nSPS) is 18.0. The van der Waals surface area contributed by atoms with Gasteiger partial charge in [-0.2, -0.15) is 0 Å². The fourth-order valence-electron chi connectivity index (χ4n) is 3.93. The molecule has 30 heavy (non-hydrogen) atoms. The second-order valence-electron chi connectivity index (χ2n) is 7.60. The minimum absolute atomic E-state index is 0.224. The maximum atomic E-state index is 13.4. The smallest absolute Gasteiger partial charge is 0.282 e. The molecule has 1 fully saturated rings. The minimum atomic E-state index is -0.284. The van der Waals surface area contributed by atoms with Gasteiger partial charge < -0.3 is 10.1 Å². The molecule has 5 nitrogen and oxygen atoms in total. The molecule has 6 heteroatoms. The van der Waals surface area contributed by atoms with Crippen LogP contribution in [0.5, 0.6) is 5.75 Å². The van der Waals surface area contributed by atoms with E-state index in [1.54, 1.807) is 31.4 Å². The number of methoxy groups -OCH3 is 1. The summed E-state index contributed by atoms with van der Waals surface area (Å²) in [5.74, 6) is 0.115. The topological polar surface area (TPSA) is 58.6 Å². The lowest BCUT2D eigenvalue weighted by atomic mass is 10.1. The maximum absolute atomic E-state index is 13.4. The van der Waals surface area contributed by atoms with Crippen molar-refractivity contribution in [3.63, 3.8) is 0 Å². The highest BCUT2D eigenvalue weighted by Gasteiger charge is 2.40. The molecule has 0 aromatic heterocycles. The van der Waals surface area contributed by atoms with E-state index in [2.05, 4.69) is 5.32 Å². The molecule has 2 aromatic carbocycles.